The number of hydrogen-bond acceptors (Lipinski definition) is 3. The predicted octanol–water partition coefficient (Wildman–Crippen LogP) is 2.73. The number of carbonyl (C=O) groups is 1. The minimum Gasteiger partial charge on any atom is -0.476 e. The number of carboxylic acid groups (broad SMARTS) is 1. The molecule has 2 aromatic heterocycles. The molecule has 0 atom stereocenters. The quantitative estimate of drug-likeness (QED) is 0.709. The highest BCUT2D eigenvalue weighted by Gasteiger charge is 2.21. The summed E-state index contributed by atoms with van der Waals surface area (Å²) in [5, 5.41) is 9.41. The number of nitrogens with two attached hydrogens (primary N) is 1. The van der Waals surface area contributed by atoms with E-state index in [1.54, 1.807) is 18.2 Å². The van der Waals surface area contributed by atoms with Gasteiger partial charge in [-0.25, -0.2) is 14.2 Å². The second-order valence-corrected chi connectivity index (χ2v) is 4.74. The lowest BCUT2D eigenvalue weighted by atomic mass is 10.1. The number of aryl methyl sites for hydroxylation is 1. The summed E-state index contributed by atoms with van der Waals surface area (Å²) in [5.41, 5.74) is 7.88. The molecule has 21 heavy (non-hydrogen) atoms. The minimum absolute atomic E-state index is 0.0240. The van der Waals surface area contributed by atoms with Gasteiger partial charge in [0, 0.05) is 17.4 Å². The van der Waals surface area contributed by atoms with Gasteiger partial charge in [0.15, 0.2) is 17.2 Å². The number of nitrogens with zero attached hydrogens (tertiary/aromatic N) is 2. The van der Waals surface area contributed by atoms with Crippen molar-refractivity contribution in [3.05, 3.63) is 53.6 Å². The van der Waals surface area contributed by atoms with Gasteiger partial charge < -0.3 is 10.8 Å². The summed E-state index contributed by atoms with van der Waals surface area (Å²) in [4.78, 5) is 15.6. The Morgan fingerprint density at radius 3 is 2.81 bits per heavy atom. The van der Waals surface area contributed by atoms with Crippen LogP contribution in [0.4, 0.5) is 10.1 Å². The van der Waals surface area contributed by atoms with Gasteiger partial charge in [0.1, 0.15) is 5.69 Å². The van der Waals surface area contributed by atoms with Crippen LogP contribution in [0.1, 0.15) is 16.1 Å². The van der Waals surface area contributed by atoms with Gasteiger partial charge in [0.2, 0.25) is 0 Å². The van der Waals surface area contributed by atoms with Crippen molar-refractivity contribution in [1.29, 1.82) is 0 Å². The van der Waals surface area contributed by atoms with E-state index in [1.165, 1.54) is 22.7 Å². The summed E-state index contributed by atoms with van der Waals surface area (Å²) in [6, 6.07) is 7.81. The molecule has 6 heteroatoms. The van der Waals surface area contributed by atoms with E-state index >= 15 is 0 Å². The van der Waals surface area contributed by atoms with Gasteiger partial charge in [-0.3, -0.25) is 4.40 Å². The molecule has 0 fully saturated rings. The first kappa shape index (κ1) is 13.1. The maximum absolute atomic E-state index is 13.8. The van der Waals surface area contributed by atoms with Crippen LogP contribution in [0, 0.1) is 12.7 Å². The zero-order chi connectivity index (χ0) is 15.1. The summed E-state index contributed by atoms with van der Waals surface area (Å²) in [7, 11) is 0. The van der Waals surface area contributed by atoms with Crippen LogP contribution in [-0.4, -0.2) is 20.5 Å². The number of carboxylic acids is 1. The van der Waals surface area contributed by atoms with Crippen LogP contribution in [0.15, 0.2) is 36.5 Å². The molecule has 2 heterocycles. The monoisotopic (exact) mass is 285 g/mol. The standard InChI is InChI=1S/C15H12FN3O2/c1-8-4-5-9(7-11(8)17)12-13(15(20)21)19-6-2-3-10(16)14(19)18-12/h2-7H,17H2,1H3,(H,20,21). The Morgan fingerprint density at radius 2 is 2.14 bits per heavy atom. The number of benzene rings is 1. The fourth-order valence-electron chi connectivity index (χ4n) is 2.23. The average Bonchev–Trinajstić information content (AvgIpc) is 2.83. The number of imidazole rings is 1. The lowest BCUT2D eigenvalue weighted by Gasteiger charge is -2.04. The van der Waals surface area contributed by atoms with E-state index < -0.39 is 11.8 Å². The number of pyridine rings is 1. The Bertz CT molecular complexity index is 871. The summed E-state index contributed by atoms with van der Waals surface area (Å²) in [5.74, 6) is -1.76. The highest BCUT2D eigenvalue weighted by atomic mass is 19.1. The Labute approximate surface area is 119 Å². The topological polar surface area (TPSA) is 80.6 Å². The van der Waals surface area contributed by atoms with Crippen molar-refractivity contribution < 1.29 is 14.3 Å². The fourth-order valence-corrected chi connectivity index (χ4v) is 2.23. The first-order valence-corrected chi connectivity index (χ1v) is 6.25. The Balaban J connectivity index is 2.36. The number of anilines is 1. The zero-order valence-corrected chi connectivity index (χ0v) is 11.2. The Kier molecular flexibility index (Phi) is 2.86. The van der Waals surface area contributed by atoms with E-state index in [-0.39, 0.29) is 17.0 Å². The lowest BCUT2D eigenvalue weighted by Crippen LogP contribution is -2.04. The molecule has 0 saturated heterocycles. The highest BCUT2D eigenvalue weighted by molar-refractivity contribution is 5.95. The number of aromatic carboxylic acids is 1. The fraction of sp³-hybridized carbons (Fsp3) is 0.0667. The van der Waals surface area contributed by atoms with Gasteiger partial charge in [-0.15, -0.1) is 0 Å². The van der Waals surface area contributed by atoms with Gasteiger partial charge in [-0.1, -0.05) is 12.1 Å². The molecule has 0 radical (unpaired) electrons. The van der Waals surface area contributed by atoms with Crippen molar-refractivity contribution in [1.82, 2.24) is 9.38 Å². The molecule has 3 N–H and O–H groups in total. The van der Waals surface area contributed by atoms with Gasteiger partial charge >= 0.3 is 5.97 Å². The smallest absolute Gasteiger partial charge is 0.355 e. The molecule has 1 aromatic carbocycles. The van der Waals surface area contributed by atoms with E-state index in [1.807, 2.05) is 6.92 Å². The normalized spacial score (nSPS) is 11.0. The van der Waals surface area contributed by atoms with Crippen LogP contribution < -0.4 is 5.73 Å². The number of rotatable bonds is 2. The van der Waals surface area contributed by atoms with E-state index in [9.17, 15) is 14.3 Å². The Morgan fingerprint density at radius 1 is 1.38 bits per heavy atom. The van der Waals surface area contributed by atoms with Crippen molar-refractivity contribution in [2.24, 2.45) is 0 Å². The SMILES string of the molecule is Cc1ccc(-c2nc3c(F)cccn3c2C(=O)O)cc1N. The van der Waals surface area contributed by atoms with Crippen molar-refractivity contribution in [2.75, 3.05) is 5.73 Å². The summed E-state index contributed by atoms with van der Waals surface area (Å²) < 4.78 is 15.0. The first-order chi connectivity index (χ1) is 9.99. The number of aromatic nitrogens is 2. The number of fused-ring (bicyclic) bond motifs is 1. The molecule has 106 valence electrons. The van der Waals surface area contributed by atoms with Crippen LogP contribution in [0.5, 0.6) is 0 Å². The first-order valence-electron chi connectivity index (χ1n) is 6.25. The van der Waals surface area contributed by atoms with Crippen LogP contribution in [0.3, 0.4) is 0 Å². The molecule has 0 aliphatic heterocycles. The largest absolute Gasteiger partial charge is 0.476 e. The number of halogens is 1. The Hall–Kier alpha value is -2.89. The molecular weight excluding hydrogens is 273 g/mol. The summed E-state index contributed by atoms with van der Waals surface area (Å²) >= 11 is 0. The molecule has 0 amide bonds. The molecule has 0 spiro atoms. The summed E-state index contributed by atoms with van der Waals surface area (Å²) in [6.07, 6.45) is 1.47. The van der Waals surface area contributed by atoms with Crippen molar-refractivity contribution >= 4 is 17.3 Å². The van der Waals surface area contributed by atoms with Crippen LogP contribution in [-0.2, 0) is 0 Å². The molecule has 5 nitrogen and oxygen atoms in total. The maximum Gasteiger partial charge on any atom is 0.355 e. The van der Waals surface area contributed by atoms with Crippen LogP contribution in [0.25, 0.3) is 16.9 Å². The van der Waals surface area contributed by atoms with E-state index in [4.69, 9.17) is 5.73 Å². The van der Waals surface area contributed by atoms with E-state index in [2.05, 4.69) is 4.98 Å². The number of nitrogen functional groups attached to an aromatic ring is 1. The van der Waals surface area contributed by atoms with E-state index in [0.29, 0.717) is 11.3 Å². The zero-order valence-electron chi connectivity index (χ0n) is 11.2. The third-order valence-corrected chi connectivity index (χ3v) is 3.36. The molecule has 0 saturated carbocycles. The summed E-state index contributed by atoms with van der Waals surface area (Å²) in [6.45, 7) is 1.85. The highest BCUT2D eigenvalue weighted by Crippen LogP contribution is 2.28. The molecule has 3 rings (SSSR count). The minimum atomic E-state index is -1.18. The second kappa shape index (κ2) is 4.59. The van der Waals surface area contributed by atoms with E-state index in [0.717, 1.165) is 5.56 Å². The van der Waals surface area contributed by atoms with Crippen LogP contribution in [0.2, 0.25) is 0 Å². The van der Waals surface area contributed by atoms with Gasteiger partial charge in [-0.2, -0.15) is 0 Å². The van der Waals surface area contributed by atoms with Crippen molar-refractivity contribution in [3.63, 3.8) is 0 Å². The van der Waals surface area contributed by atoms with Gasteiger partial charge in [-0.05, 0) is 30.7 Å². The van der Waals surface area contributed by atoms with Gasteiger partial charge in [0.25, 0.3) is 0 Å². The molecule has 0 bridgehead atoms. The van der Waals surface area contributed by atoms with Crippen LogP contribution >= 0.6 is 0 Å². The van der Waals surface area contributed by atoms with Crippen molar-refractivity contribution in [3.8, 4) is 11.3 Å². The van der Waals surface area contributed by atoms with Crippen molar-refractivity contribution in [2.45, 2.75) is 6.92 Å². The predicted molar refractivity (Wildman–Crippen MR) is 76.7 cm³/mol. The molecule has 0 aliphatic rings. The second-order valence-electron chi connectivity index (χ2n) is 4.74. The average molecular weight is 285 g/mol. The number of hydrogen-bond donors (Lipinski definition) is 2. The third kappa shape index (κ3) is 2.01. The molecule has 3 aromatic rings. The third-order valence-electron chi connectivity index (χ3n) is 3.36. The molecule has 0 unspecified atom stereocenters. The lowest BCUT2D eigenvalue weighted by molar-refractivity contribution is 0.0690. The molecular formula is C15H12FN3O2. The maximum atomic E-state index is 13.8. The molecule has 0 aliphatic carbocycles. The van der Waals surface area contributed by atoms with Gasteiger partial charge in [0.05, 0.1) is 0 Å².